The second-order valence-corrected chi connectivity index (χ2v) is 4.86. The third-order valence-electron chi connectivity index (χ3n) is 2.33. The number of H-pyrrole nitrogens is 1. The third-order valence-corrected chi connectivity index (χ3v) is 2.86. The molecule has 1 aromatic heterocycles. The Morgan fingerprint density at radius 1 is 1.42 bits per heavy atom. The van der Waals surface area contributed by atoms with Gasteiger partial charge in [0.15, 0.2) is 6.10 Å². The lowest BCUT2D eigenvalue weighted by Gasteiger charge is -2.13. The monoisotopic (exact) mass is 324 g/mol. The second-order valence-electron chi connectivity index (χ2n) is 3.95. The van der Waals surface area contributed by atoms with E-state index in [1.807, 2.05) is 12.1 Å². The highest BCUT2D eigenvalue weighted by Crippen LogP contribution is 2.17. The number of hydrogen-bond acceptors (Lipinski definition) is 4. The molecule has 0 spiro atoms. The van der Waals surface area contributed by atoms with Gasteiger partial charge < -0.3 is 4.74 Å². The summed E-state index contributed by atoms with van der Waals surface area (Å²) in [6.07, 6.45) is -0.639. The number of benzene rings is 1. The highest BCUT2D eigenvalue weighted by atomic mass is 79.9. The Labute approximate surface area is 118 Å². The van der Waals surface area contributed by atoms with Crippen molar-refractivity contribution >= 4 is 27.8 Å². The number of nitrogens with zero attached hydrogens (tertiary/aromatic N) is 2. The van der Waals surface area contributed by atoms with E-state index in [-0.39, 0.29) is 11.9 Å². The van der Waals surface area contributed by atoms with Crippen molar-refractivity contribution in [3.05, 3.63) is 34.6 Å². The minimum atomic E-state index is -0.639. The van der Waals surface area contributed by atoms with E-state index in [9.17, 15) is 4.79 Å². The molecule has 0 bridgehead atoms. The summed E-state index contributed by atoms with van der Waals surface area (Å²) in [5, 5.41) is 9.04. The number of hydrogen-bond donors (Lipinski definition) is 2. The summed E-state index contributed by atoms with van der Waals surface area (Å²) in [6, 6.07) is 7.26. The van der Waals surface area contributed by atoms with E-state index in [1.165, 1.54) is 0 Å². The number of anilines is 1. The van der Waals surface area contributed by atoms with Gasteiger partial charge in [-0.25, -0.2) is 0 Å². The fraction of sp³-hybridized carbons (Fsp3) is 0.250. The number of ether oxygens (including phenoxy) is 1. The van der Waals surface area contributed by atoms with Crippen molar-refractivity contribution in [2.24, 2.45) is 0 Å². The molecule has 0 saturated heterocycles. The average molecular weight is 325 g/mol. The molecule has 6 nitrogen and oxygen atoms in total. The maximum absolute atomic E-state index is 11.9. The Kier molecular flexibility index (Phi) is 4.16. The van der Waals surface area contributed by atoms with Gasteiger partial charge >= 0.3 is 0 Å². The van der Waals surface area contributed by atoms with E-state index in [0.717, 1.165) is 4.47 Å². The van der Waals surface area contributed by atoms with Crippen LogP contribution in [0.3, 0.4) is 0 Å². The highest BCUT2D eigenvalue weighted by molar-refractivity contribution is 9.10. The van der Waals surface area contributed by atoms with Gasteiger partial charge in [0.05, 0.1) is 0 Å². The van der Waals surface area contributed by atoms with Gasteiger partial charge in [-0.1, -0.05) is 15.9 Å². The lowest BCUT2D eigenvalue weighted by molar-refractivity contribution is -0.122. The molecule has 0 saturated carbocycles. The molecule has 0 aliphatic rings. The van der Waals surface area contributed by atoms with Crippen molar-refractivity contribution in [2.45, 2.75) is 20.0 Å². The number of carbonyl (C=O) groups excluding carboxylic acids is 1. The predicted molar refractivity (Wildman–Crippen MR) is 74.0 cm³/mol. The minimum Gasteiger partial charge on any atom is -0.481 e. The normalized spacial score (nSPS) is 11.9. The third kappa shape index (κ3) is 3.78. The Bertz CT molecular complexity index is 567. The maximum atomic E-state index is 11.9. The Balaban J connectivity index is 1.94. The molecule has 0 radical (unpaired) electrons. The van der Waals surface area contributed by atoms with Crippen molar-refractivity contribution in [1.82, 2.24) is 15.2 Å². The zero-order valence-electron chi connectivity index (χ0n) is 10.5. The molecule has 1 amide bonds. The van der Waals surface area contributed by atoms with Crippen molar-refractivity contribution in [2.75, 3.05) is 5.32 Å². The zero-order valence-corrected chi connectivity index (χ0v) is 12.1. The highest BCUT2D eigenvalue weighted by Gasteiger charge is 2.16. The molecule has 100 valence electrons. The number of aromatic amines is 1. The van der Waals surface area contributed by atoms with Gasteiger partial charge in [-0.2, -0.15) is 4.98 Å². The van der Waals surface area contributed by atoms with Gasteiger partial charge in [0, 0.05) is 4.47 Å². The first kappa shape index (κ1) is 13.5. The first-order chi connectivity index (χ1) is 9.04. The molecule has 1 atom stereocenters. The molecule has 1 heterocycles. The Morgan fingerprint density at radius 2 is 2.11 bits per heavy atom. The van der Waals surface area contributed by atoms with E-state index in [0.29, 0.717) is 11.6 Å². The molecule has 2 aromatic rings. The van der Waals surface area contributed by atoms with Crippen molar-refractivity contribution < 1.29 is 9.53 Å². The summed E-state index contributed by atoms with van der Waals surface area (Å²) in [7, 11) is 0. The summed E-state index contributed by atoms with van der Waals surface area (Å²) in [5.41, 5.74) is 0. The van der Waals surface area contributed by atoms with Gasteiger partial charge in [-0.05, 0) is 38.1 Å². The van der Waals surface area contributed by atoms with Crippen LogP contribution in [0.5, 0.6) is 5.75 Å². The van der Waals surface area contributed by atoms with Crippen LogP contribution in [-0.2, 0) is 4.79 Å². The van der Waals surface area contributed by atoms with E-state index in [2.05, 4.69) is 36.4 Å². The molecule has 0 fully saturated rings. The summed E-state index contributed by atoms with van der Waals surface area (Å²) in [6.45, 7) is 3.42. The molecule has 2 N–H and O–H groups in total. The quantitative estimate of drug-likeness (QED) is 0.904. The van der Waals surface area contributed by atoms with Crippen molar-refractivity contribution in [3.8, 4) is 5.75 Å². The largest absolute Gasteiger partial charge is 0.481 e. The number of halogens is 1. The fourth-order valence-electron chi connectivity index (χ4n) is 1.38. The van der Waals surface area contributed by atoms with Gasteiger partial charge in [-0.3, -0.25) is 15.2 Å². The molecule has 2 rings (SSSR count). The van der Waals surface area contributed by atoms with Crippen LogP contribution >= 0.6 is 15.9 Å². The summed E-state index contributed by atoms with van der Waals surface area (Å²) in [5.74, 6) is 1.20. The molecular weight excluding hydrogens is 312 g/mol. The lowest BCUT2D eigenvalue weighted by Crippen LogP contribution is -2.30. The number of aryl methyl sites for hydroxylation is 1. The van der Waals surface area contributed by atoms with Crippen molar-refractivity contribution in [3.63, 3.8) is 0 Å². The molecule has 1 unspecified atom stereocenters. The molecule has 7 heteroatoms. The summed E-state index contributed by atoms with van der Waals surface area (Å²) < 4.78 is 6.46. The van der Waals surface area contributed by atoms with E-state index in [4.69, 9.17) is 4.74 Å². The van der Waals surface area contributed by atoms with E-state index >= 15 is 0 Å². The zero-order chi connectivity index (χ0) is 13.8. The summed E-state index contributed by atoms with van der Waals surface area (Å²) in [4.78, 5) is 15.8. The number of aromatic nitrogens is 3. The molecule has 0 aliphatic carbocycles. The van der Waals surface area contributed by atoms with Gasteiger partial charge in [0.25, 0.3) is 5.91 Å². The van der Waals surface area contributed by atoms with Crippen LogP contribution in [0.15, 0.2) is 28.7 Å². The van der Waals surface area contributed by atoms with Crippen LogP contribution in [0.1, 0.15) is 12.7 Å². The van der Waals surface area contributed by atoms with Gasteiger partial charge in [-0.15, -0.1) is 5.10 Å². The van der Waals surface area contributed by atoms with Crippen LogP contribution in [0.4, 0.5) is 5.95 Å². The Hall–Kier alpha value is -1.89. The Morgan fingerprint density at radius 3 is 2.68 bits per heavy atom. The molecule has 1 aromatic carbocycles. The number of nitrogens with one attached hydrogen (secondary N) is 2. The first-order valence-electron chi connectivity index (χ1n) is 5.66. The van der Waals surface area contributed by atoms with E-state index in [1.54, 1.807) is 26.0 Å². The predicted octanol–water partition coefficient (Wildman–Crippen LogP) is 2.28. The van der Waals surface area contributed by atoms with Crippen LogP contribution in [0.25, 0.3) is 0 Å². The lowest BCUT2D eigenvalue weighted by atomic mass is 10.3. The van der Waals surface area contributed by atoms with Gasteiger partial charge in [0.1, 0.15) is 11.6 Å². The topological polar surface area (TPSA) is 79.9 Å². The molecule has 19 heavy (non-hydrogen) atoms. The fourth-order valence-corrected chi connectivity index (χ4v) is 1.65. The standard InChI is InChI=1S/C12H13BrN4O2/c1-7(19-10-5-3-9(13)4-6-10)11(18)15-12-14-8(2)16-17-12/h3-7H,1-2H3,(H2,14,15,16,17,18). The van der Waals surface area contributed by atoms with Crippen LogP contribution in [-0.4, -0.2) is 27.2 Å². The number of rotatable bonds is 4. The van der Waals surface area contributed by atoms with Crippen molar-refractivity contribution in [1.29, 1.82) is 0 Å². The first-order valence-corrected chi connectivity index (χ1v) is 6.46. The molecule has 0 aliphatic heterocycles. The second kappa shape index (κ2) is 5.83. The SMILES string of the molecule is Cc1nc(NC(=O)C(C)Oc2ccc(Br)cc2)n[nH]1. The minimum absolute atomic E-state index is 0.244. The number of carbonyl (C=O) groups is 1. The summed E-state index contributed by atoms with van der Waals surface area (Å²) >= 11 is 3.33. The number of amides is 1. The van der Waals surface area contributed by atoms with Crippen LogP contribution < -0.4 is 10.1 Å². The average Bonchev–Trinajstić information content (AvgIpc) is 2.77. The smallest absolute Gasteiger partial charge is 0.267 e. The van der Waals surface area contributed by atoms with Crippen LogP contribution in [0.2, 0.25) is 0 Å². The molecular formula is C12H13BrN4O2. The maximum Gasteiger partial charge on any atom is 0.267 e. The van der Waals surface area contributed by atoms with Gasteiger partial charge in [0.2, 0.25) is 5.95 Å². The van der Waals surface area contributed by atoms with E-state index < -0.39 is 6.10 Å². The van der Waals surface area contributed by atoms with Crippen LogP contribution in [0, 0.1) is 6.92 Å².